The van der Waals surface area contributed by atoms with Gasteiger partial charge in [0, 0.05) is 17.1 Å². The first-order valence-electron chi connectivity index (χ1n) is 8.17. The SMILES string of the molecule is CSc1ccc([C@H]2N(c3ccc(F)cc3)C(=O)[C@@H]3CCCN32)cc1. The molecule has 24 heavy (non-hydrogen) atoms. The zero-order valence-corrected chi connectivity index (χ0v) is 14.3. The van der Waals surface area contributed by atoms with Gasteiger partial charge in [-0.05, 0) is 61.1 Å². The van der Waals surface area contributed by atoms with Gasteiger partial charge in [0.2, 0.25) is 5.91 Å². The van der Waals surface area contributed by atoms with Crippen LogP contribution in [0.1, 0.15) is 24.6 Å². The topological polar surface area (TPSA) is 23.6 Å². The van der Waals surface area contributed by atoms with Crippen LogP contribution in [-0.4, -0.2) is 29.6 Å². The standard InChI is InChI=1S/C19H19FN2OS/c1-24-16-10-4-13(5-11-16)18-21-12-2-3-17(21)19(23)22(18)15-8-6-14(20)7-9-15/h4-11,17-18H,2-3,12H2,1H3/t17-,18+/m0/s1. The Morgan fingerprint density at radius 1 is 1.08 bits per heavy atom. The number of anilines is 1. The molecule has 2 saturated heterocycles. The minimum absolute atomic E-state index is 0.0553. The third-order valence-corrected chi connectivity index (χ3v) is 5.64. The van der Waals surface area contributed by atoms with Crippen LogP contribution in [0, 0.1) is 5.82 Å². The summed E-state index contributed by atoms with van der Waals surface area (Å²) >= 11 is 1.70. The number of carbonyl (C=O) groups is 1. The maximum Gasteiger partial charge on any atom is 0.246 e. The zero-order chi connectivity index (χ0) is 16.7. The number of hydrogen-bond acceptors (Lipinski definition) is 3. The highest BCUT2D eigenvalue weighted by atomic mass is 32.2. The molecular formula is C19H19FN2OS. The number of rotatable bonds is 3. The molecule has 0 aromatic heterocycles. The van der Waals surface area contributed by atoms with E-state index in [0.717, 1.165) is 30.6 Å². The number of hydrogen-bond donors (Lipinski definition) is 0. The van der Waals surface area contributed by atoms with Crippen molar-refractivity contribution in [3.05, 3.63) is 59.9 Å². The van der Waals surface area contributed by atoms with Crippen molar-refractivity contribution in [2.45, 2.75) is 29.9 Å². The van der Waals surface area contributed by atoms with Gasteiger partial charge < -0.3 is 0 Å². The lowest BCUT2D eigenvalue weighted by atomic mass is 10.1. The lowest BCUT2D eigenvalue weighted by Gasteiger charge is -2.30. The van der Waals surface area contributed by atoms with E-state index in [-0.39, 0.29) is 23.9 Å². The van der Waals surface area contributed by atoms with Gasteiger partial charge in [-0.1, -0.05) is 12.1 Å². The minimum atomic E-state index is -0.285. The molecule has 0 bridgehead atoms. The zero-order valence-electron chi connectivity index (χ0n) is 13.5. The van der Waals surface area contributed by atoms with Crippen molar-refractivity contribution in [1.82, 2.24) is 4.90 Å². The summed E-state index contributed by atoms with van der Waals surface area (Å²) in [5, 5.41) is 0. The van der Waals surface area contributed by atoms with Crippen LogP contribution < -0.4 is 4.90 Å². The molecule has 0 spiro atoms. The summed E-state index contributed by atoms with van der Waals surface area (Å²) in [5.41, 5.74) is 1.87. The molecule has 2 atom stereocenters. The largest absolute Gasteiger partial charge is 0.291 e. The number of amides is 1. The third-order valence-electron chi connectivity index (χ3n) is 4.89. The molecule has 2 aromatic rings. The molecule has 2 fully saturated rings. The van der Waals surface area contributed by atoms with Crippen LogP contribution in [0.25, 0.3) is 0 Å². The molecule has 0 saturated carbocycles. The second kappa shape index (κ2) is 6.22. The van der Waals surface area contributed by atoms with E-state index in [0.29, 0.717) is 0 Å². The van der Waals surface area contributed by atoms with Crippen LogP contribution in [-0.2, 0) is 4.79 Å². The monoisotopic (exact) mass is 342 g/mol. The smallest absolute Gasteiger partial charge is 0.246 e. The quantitative estimate of drug-likeness (QED) is 0.786. The summed E-state index contributed by atoms with van der Waals surface area (Å²) in [6.45, 7) is 0.920. The number of fused-ring (bicyclic) bond motifs is 1. The Labute approximate surface area is 145 Å². The maximum atomic E-state index is 13.3. The van der Waals surface area contributed by atoms with E-state index in [1.54, 1.807) is 23.9 Å². The number of carbonyl (C=O) groups excluding carboxylic acids is 1. The Bertz CT molecular complexity index is 747. The average molecular weight is 342 g/mol. The summed E-state index contributed by atoms with van der Waals surface area (Å²) in [5.74, 6) is -0.162. The Morgan fingerprint density at radius 2 is 1.79 bits per heavy atom. The summed E-state index contributed by atoms with van der Waals surface area (Å²) < 4.78 is 13.3. The Balaban J connectivity index is 1.76. The van der Waals surface area contributed by atoms with Crippen LogP contribution in [0.4, 0.5) is 10.1 Å². The number of halogens is 1. The molecule has 2 heterocycles. The van der Waals surface area contributed by atoms with Crippen LogP contribution in [0.2, 0.25) is 0 Å². The molecule has 2 aliphatic rings. The van der Waals surface area contributed by atoms with Crippen LogP contribution in [0.3, 0.4) is 0 Å². The van der Waals surface area contributed by atoms with E-state index in [9.17, 15) is 9.18 Å². The van der Waals surface area contributed by atoms with Crippen molar-refractivity contribution < 1.29 is 9.18 Å². The predicted octanol–water partition coefficient (Wildman–Crippen LogP) is 4.06. The van der Waals surface area contributed by atoms with Crippen LogP contribution in [0.5, 0.6) is 0 Å². The first-order chi connectivity index (χ1) is 11.7. The van der Waals surface area contributed by atoms with E-state index in [4.69, 9.17) is 0 Å². The van der Waals surface area contributed by atoms with Crippen LogP contribution in [0.15, 0.2) is 53.4 Å². The van der Waals surface area contributed by atoms with Gasteiger partial charge in [0.1, 0.15) is 12.0 Å². The van der Waals surface area contributed by atoms with Gasteiger partial charge in [0.05, 0.1) is 6.04 Å². The fourth-order valence-electron chi connectivity index (χ4n) is 3.76. The molecule has 0 N–H and O–H groups in total. The summed E-state index contributed by atoms with van der Waals surface area (Å²) in [4.78, 5) is 18.3. The summed E-state index contributed by atoms with van der Waals surface area (Å²) in [6.07, 6.45) is 3.89. The van der Waals surface area contributed by atoms with Gasteiger partial charge in [0.15, 0.2) is 0 Å². The lowest BCUT2D eigenvalue weighted by Crippen LogP contribution is -2.32. The van der Waals surface area contributed by atoms with Crippen molar-refractivity contribution in [3.8, 4) is 0 Å². The fourth-order valence-corrected chi connectivity index (χ4v) is 4.17. The molecular weight excluding hydrogens is 323 g/mol. The average Bonchev–Trinajstić information content (AvgIpc) is 3.18. The number of thioether (sulfide) groups is 1. The highest BCUT2D eigenvalue weighted by Gasteiger charge is 2.49. The molecule has 3 nitrogen and oxygen atoms in total. The van der Waals surface area contributed by atoms with Crippen molar-refractivity contribution in [3.63, 3.8) is 0 Å². The molecule has 4 rings (SSSR count). The predicted molar refractivity (Wildman–Crippen MR) is 94.6 cm³/mol. The lowest BCUT2D eigenvalue weighted by molar-refractivity contribution is -0.119. The first kappa shape index (κ1) is 15.7. The fraction of sp³-hybridized carbons (Fsp3) is 0.316. The van der Waals surface area contributed by atoms with E-state index in [2.05, 4.69) is 35.4 Å². The summed E-state index contributed by atoms with van der Waals surface area (Å²) in [6, 6.07) is 14.5. The molecule has 5 heteroatoms. The van der Waals surface area contributed by atoms with Crippen molar-refractivity contribution >= 4 is 23.4 Å². The highest BCUT2D eigenvalue weighted by molar-refractivity contribution is 7.98. The molecule has 0 aliphatic carbocycles. The van der Waals surface area contributed by atoms with Crippen molar-refractivity contribution in [1.29, 1.82) is 0 Å². The molecule has 2 aromatic carbocycles. The van der Waals surface area contributed by atoms with E-state index in [1.807, 2.05) is 4.90 Å². The van der Waals surface area contributed by atoms with E-state index in [1.165, 1.54) is 17.0 Å². The third kappa shape index (κ3) is 2.52. The van der Waals surface area contributed by atoms with Gasteiger partial charge >= 0.3 is 0 Å². The molecule has 1 amide bonds. The minimum Gasteiger partial charge on any atom is -0.291 e. The van der Waals surface area contributed by atoms with Crippen molar-refractivity contribution in [2.24, 2.45) is 0 Å². The first-order valence-corrected chi connectivity index (χ1v) is 9.40. The van der Waals surface area contributed by atoms with E-state index < -0.39 is 0 Å². The second-order valence-corrected chi connectivity index (χ2v) is 7.11. The molecule has 124 valence electrons. The van der Waals surface area contributed by atoms with Gasteiger partial charge in [-0.15, -0.1) is 11.8 Å². The Hall–Kier alpha value is -1.85. The summed E-state index contributed by atoms with van der Waals surface area (Å²) in [7, 11) is 0. The van der Waals surface area contributed by atoms with Gasteiger partial charge in [-0.25, -0.2) is 4.39 Å². The van der Waals surface area contributed by atoms with Gasteiger partial charge in [-0.3, -0.25) is 14.6 Å². The number of nitrogens with zero attached hydrogens (tertiary/aromatic N) is 2. The molecule has 0 unspecified atom stereocenters. The Kier molecular flexibility index (Phi) is 4.06. The molecule has 2 aliphatic heterocycles. The van der Waals surface area contributed by atoms with Gasteiger partial charge in [-0.2, -0.15) is 0 Å². The Morgan fingerprint density at radius 3 is 2.46 bits per heavy atom. The normalized spacial score (nSPS) is 23.8. The van der Waals surface area contributed by atoms with E-state index >= 15 is 0 Å². The molecule has 0 radical (unpaired) electrons. The highest BCUT2D eigenvalue weighted by Crippen LogP contribution is 2.42. The number of benzene rings is 2. The second-order valence-electron chi connectivity index (χ2n) is 6.23. The maximum absolute atomic E-state index is 13.3. The van der Waals surface area contributed by atoms with Crippen LogP contribution >= 0.6 is 11.8 Å². The van der Waals surface area contributed by atoms with Gasteiger partial charge in [0.25, 0.3) is 0 Å². The van der Waals surface area contributed by atoms with Crippen molar-refractivity contribution in [2.75, 3.05) is 17.7 Å².